The zero-order valence-electron chi connectivity index (χ0n) is 10.1. The summed E-state index contributed by atoms with van der Waals surface area (Å²) in [6.07, 6.45) is 0. The van der Waals surface area contributed by atoms with E-state index in [2.05, 4.69) is 5.32 Å². The van der Waals surface area contributed by atoms with E-state index in [1.54, 1.807) is 13.8 Å². The molecule has 0 saturated carbocycles. The van der Waals surface area contributed by atoms with Gasteiger partial charge in [-0.05, 0) is 13.8 Å². The van der Waals surface area contributed by atoms with E-state index >= 15 is 0 Å². The quantitative estimate of drug-likeness (QED) is 0.661. The number of nitrogens with one attached hydrogen (secondary N) is 1. The lowest BCUT2D eigenvalue weighted by Crippen LogP contribution is -2.56. The van der Waals surface area contributed by atoms with Gasteiger partial charge in [-0.15, -0.1) is 0 Å². The molecule has 0 aromatic carbocycles. The number of hydrogen-bond acceptors (Lipinski definition) is 4. The predicted molar refractivity (Wildman–Crippen MR) is 62.3 cm³/mol. The molecule has 1 heterocycles. The highest BCUT2D eigenvalue weighted by Gasteiger charge is 2.36. The largest absolute Gasteiger partial charge is 0.394 e. The van der Waals surface area contributed by atoms with Gasteiger partial charge in [0.15, 0.2) is 0 Å². The fraction of sp³-hybridized carbons (Fsp3) is 1.00. The minimum atomic E-state index is -3.47. The lowest BCUT2D eigenvalue weighted by molar-refractivity contribution is 0.131. The second-order valence-corrected chi connectivity index (χ2v) is 6.55. The highest BCUT2D eigenvalue weighted by Crippen LogP contribution is 2.18. The van der Waals surface area contributed by atoms with Gasteiger partial charge in [-0.3, -0.25) is 0 Å². The van der Waals surface area contributed by atoms with Crippen molar-refractivity contribution in [1.29, 1.82) is 0 Å². The Balaban J connectivity index is 2.84. The van der Waals surface area contributed by atoms with E-state index in [1.165, 1.54) is 15.7 Å². The summed E-state index contributed by atoms with van der Waals surface area (Å²) in [6.45, 7) is 5.51. The Kier molecular flexibility index (Phi) is 4.30. The van der Waals surface area contributed by atoms with Crippen molar-refractivity contribution in [2.45, 2.75) is 19.4 Å². The number of aliphatic hydroxyl groups excluding tert-OH is 1. The van der Waals surface area contributed by atoms with Crippen LogP contribution in [0.5, 0.6) is 0 Å². The van der Waals surface area contributed by atoms with E-state index < -0.39 is 15.7 Å². The Morgan fingerprint density at radius 1 is 1.38 bits per heavy atom. The van der Waals surface area contributed by atoms with Crippen LogP contribution in [-0.2, 0) is 10.2 Å². The van der Waals surface area contributed by atoms with Crippen LogP contribution in [0.2, 0.25) is 0 Å². The molecule has 0 atom stereocenters. The number of rotatable bonds is 4. The fourth-order valence-electron chi connectivity index (χ4n) is 1.46. The molecule has 6 nitrogen and oxygen atoms in total. The summed E-state index contributed by atoms with van der Waals surface area (Å²) in [6, 6.07) is 0. The number of hydrogen-bond donors (Lipinski definition) is 2. The third-order valence-corrected chi connectivity index (χ3v) is 5.19. The van der Waals surface area contributed by atoms with Crippen molar-refractivity contribution < 1.29 is 13.5 Å². The second kappa shape index (κ2) is 4.97. The number of likely N-dealkylation sites (N-methyl/N-ethyl adjacent to an activating group) is 1. The van der Waals surface area contributed by atoms with Crippen molar-refractivity contribution in [3.05, 3.63) is 0 Å². The first-order valence-electron chi connectivity index (χ1n) is 5.38. The van der Waals surface area contributed by atoms with Crippen LogP contribution < -0.4 is 5.32 Å². The van der Waals surface area contributed by atoms with Crippen molar-refractivity contribution in [2.75, 3.05) is 39.8 Å². The third kappa shape index (κ3) is 2.72. The highest BCUT2D eigenvalue weighted by molar-refractivity contribution is 7.86. The van der Waals surface area contributed by atoms with Crippen LogP contribution in [0, 0.1) is 0 Å². The summed E-state index contributed by atoms with van der Waals surface area (Å²) in [7, 11) is -1.96. The van der Waals surface area contributed by atoms with Crippen LogP contribution in [0.3, 0.4) is 0 Å². The Labute approximate surface area is 97.4 Å². The molecule has 1 rings (SSSR count). The van der Waals surface area contributed by atoms with E-state index in [0.29, 0.717) is 26.2 Å². The van der Waals surface area contributed by atoms with Crippen molar-refractivity contribution >= 4 is 10.2 Å². The van der Waals surface area contributed by atoms with Crippen molar-refractivity contribution in [1.82, 2.24) is 13.9 Å². The molecule has 0 unspecified atom stereocenters. The van der Waals surface area contributed by atoms with E-state index in [1.807, 2.05) is 0 Å². The minimum absolute atomic E-state index is 0.200. The summed E-state index contributed by atoms with van der Waals surface area (Å²) < 4.78 is 27.1. The SMILES string of the molecule is CN(C(C)(C)CO)S(=O)(=O)N1CCNCC1. The van der Waals surface area contributed by atoms with Crippen molar-refractivity contribution in [2.24, 2.45) is 0 Å². The third-order valence-electron chi connectivity index (χ3n) is 2.99. The maximum absolute atomic E-state index is 12.2. The van der Waals surface area contributed by atoms with E-state index in [-0.39, 0.29) is 6.61 Å². The molecule has 0 amide bonds. The van der Waals surface area contributed by atoms with Gasteiger partial charge in [0.2, 0.25) is 0 Å². The molecule has 1 aliphatic rings. The molecule has 0 radical (unpaired) electrons. The van der Waals surface area contributed by atoms with Gasteiger partial charge in [-0.1, -0.05) is 0 Å². The lowest BCUT2D eigenvalue weighted by Gasteiger charge is -2.37. The average molecular weight is 251 g/mol. The summed E-state index contributed by atoms with van der Waals surface area (Å²) in [5.41, 5.74) is -0.774. The van der Waals surface area contributed by atoms with Gasteiger partial charge >= 0.3 is 0 Å². The van der Waals surface area contributed by atoms with Gasteiger partial charge in [-0.2, -0.15) is 17.0 Å². The van der Waals surface area contributed by atoms with Crippen LogP contribution in [0.4, 0.5) is 0 Å². The zero-order chi connectivity index (χ0) is 12.4. The summed E-state index contributed by atoms with van der Waals surface area (Å²) >= 11 is 0. The van der Waals surface area contributed by atoms with Gasteiger partial charge < -0.3 is 10.4 Å². The van der Waals surface area contributed by atoms with E-state index in [0.717, 1.165) is 0 Å². The van der Waals surface area contributed by atoms with Gasteiger partial charge in [-0.25, -0.2) is 0 Å². The summed E-state index contributed by atoms with van der Waals surface area (Å²) in [5.74, 6) is 0. The van der Waals surface area contributed by atoms with Gasteiger partial charge in [0, 0.05) is 33.2 Å². The maximum atomic E-state index is 12.2. The second-order valence-electron chi connectivity index (χ2n) is 4.59. The number of aliphatic hydroxyl groups is 1. The van der Waals surface area contributed by atoms with Gasteiger partial charge in [0.05, 0.1) is 12.1 Å². The van der Waals surface area contributed by atoms with E-state index in [4.69, 9.17) is 0 Å². The molecule has 1 saturated heterocycles. The Hall–Kier alpha value is -0.210. The van der Waals surface area contributed by atoms with Crippen molar-refractivity contribution in [3.8, 4) is 0 Å². The molecule has 0 bridgehead atoms. The Morgan fingerprint density at radius 2 is 1.88 bits per heavy atom. The minimum Gasteiger partial charge on any atom is -0.394 e. The molecule has 0 aromatic rings. The average Bonchev–Trinajstić information content (AvgIpc) is 2.29. The highest BCUT2D eigenvalue weighted by atomic mass is 32.2. The molecule has 2 N–H and O–H groups in total. The Bertz CT molecular complexity index is 323. The molecule has 0 spiro atoms. The van der Waals surface area contributed by atoms with Crippen LogP contribution in [0.15, 0.2) is 0 Å². The number of piperazine rings is 1. The molecule has 0 aliphatic carbocycles. The van der Waals surface area contributed by atoms with Crippen LogP contribution in [0.1, 0.15) is 13.8 Å². The molecular formula is C9H21N3O3S. The standard InChI is InChI=1S/C9H21N3O3S/c1-9(2,8-13)11(3)16(14,15)12-6-4-10-5-7-12/h10,13H,4-8H2,1-3H3. The monoisotopic (exact) mass is 251 g/mol. The number of nitrogens with zero attached hydrogens (tertiary/aromatic N) is 2. The maximum Gasteiger partial charge on any atom is 0.282 e. The molecule has 1 fully saturated rings. The predicted octanol–water partition coefficient (Wildman–Crippen LogP) is -1.16. The van der Waals surface area contributed by atoms with Gasteiger partial charge in [0.1, 0.15) is 0 Å². The molecule has 7 heteroatoms. The van der Waals surface area contributed by atoms with Gasteiger partial charge in [0.25, 0.3) is 10.2 Å². The Morgan fingerprint density at radius 3 is 2.31 bits per heavy atom. The fourth-order valence-corrected chi connectivity index (χ4v) is 3.13. The van der Waals surface area contributed by atoms with Crippen molar-refractivity contribution in [3.63, 3.8) is 0 Å². The summed E-state index contributed by atoms with van der Waals surface area (Å²) in [4.78, 5) is 0. The first-order valence-corrected chi connectivity index (χ1v) is 6.78. The first-order chi connectivity index (χ1) is 7.32. The lowest BCUT2D eigenvalue weighted by atomic mass is 10.1. The van der Waals surface area contributed by atoms with Crippen LogP contribution in [0.25, 0.3) is 0 Å². The molecule has 96 valence electrons. The normalized spacial score (nSPS) is 20.3. The van der Waals surface area contributed by atoms with Crippen LogP contribution >= 0.6 is 0 Å². The van der Waals surface area contributed by atoms with E-state index in [9.17, 15) is 13.5 Å². The topological polar surface area (TPSA) is 72.9 Å². The molecule has 16 heavy (non-hydrogen) atoms. The summed E-state index contributed by atoms with van der Waals surface area (Å²) in [5, 5.41) is 12.3. The molecule has 0 aromatic heterocycles. The smallest absolute Gasteiger partial charge is 0.282 e. The first kappa shape index (κ1) is 13.9. The van der Waals surface area contributed by atoms with Crippen LogP contribution in [-0.4, -0.2) is 67.5 Å². The molecular weight excluding hydrogens is 230 g/mol. The molecule has 1 aliphatic heterocycles. The zero-order valence-corrected chi connectivity index (χ0v) is 10.9.